The van der Waals surface area contributed by atoms with Crippen LogP contribution in [0.15, 0.2) is 30.3 Å². The molecule has 0 fully saturated rings. The Morgan fingerprint density at radius 1 is 1.14 bits per heavy atom. The third-order valence-electron chi connectivity index (χ3n) is 3.15. The molecule has 0 aromatic heterocycles. The third-order valence-corrected chi connectivity index (χ3v) is 4.44. The van der Waals surface area contributed by atoms with Gasteiger partial charge in [-0.3, -0.25) is 0 Å². The molecule has 0 heterocycles. The predicted molar refractivity (Wildman–Crippen MR) is 89.7 cm³/mol. The smallest absolute Gasteiger partial charge is 0.146 e. The van der Waals surface area contributed by atoms with E-state index in [2.05, 4.69) is 22.6 Å². The maximum absolute atomic E-state index is 13.2. The molecule has 3 nitrogen and oxygen atoms in total. The Bertz CT molecular complexity index is 666. The van der Waals surface area contributed by atoms with Crippen LogP contribution in [0.2, 0.25) is 5.02 Å². The molecular weight excluding hydrogens is 408 g/mol. The van der Waals surface area contributed by atoms with Crippen molar-refractivity contribution in [2.24, 2.45) is 5.73 Å². The van der Waals surface area contributed by atoms with Crippen LogP contribution < -0.4 is 15.2 Å². The molecule has 2 aromatic carbocycles. The van der Waals surface area contributed by atoms with Crippen molar-refractivity contribution in [3.05, 3.63) is 55.9 Å². The Labute approximate surface area is 141 Å². The van der Waals surface area contributed by atoms with E-state index >= 15 is 0 Å². The standard InChI is InChI=1S/C15H14ClFINO2/c1-20-12-6-5-10(15(21-2)13(12)16)14(19)9-4-3-8(17)7-11(9)18/h3-7,14H,19H2,1-2H3. The number of halogens is 3. The number of hydrogen-bond donors (Lipinski definition) is 1. The second kappa shape index (κ2) is 6.81. The molecular formula is C15H14ClFINO2. The molecule has 1 unspecified atom stereocenters. The molecule has 0 saturated carbocycles. The van der Waals surface area contributed by atoms with E-state index in [-0.39, 0.29) is 5.82 Å². The van der Waals surface area contributed by atoms with Gasteiger partial charge in [0.15, 0.2) is 0 Å². The van der Waals surface area contributed by atoms with Gasteiger partial charge in [0.1, 0.15) is 22.3 Å². The summed E-state index contributed by atoms with van der Waals surface area (Å²) >= 11 is 8.30. The Kier molecular flexibility index (Phi) is 5.29. The summed E-state index contributed by atoms with van der Waals surface area (Å²) in [4.78, 5) is 0. The zero-order chi connectivity index (χ0) is 15.6. The van der Waals surface area contributed by atoms with E-state index in [4.69, 9.17) is 26.8 Å². The van der Waals surface area contributed by atoms with Crippen LogP contribution in [0.3, 0.4) is 0 Å². The van der Waals surface area contributed by atoms with Crippen molar-refractivity contribution < 1.29 is 13.9 Å². The van der Waals surface area contributed by atoms with Crippen molar-refractivity contribution in [2.75, 3.05) is 14.2 Å². The van der Waals surface area contributed by atoms with Gasteiger partial charge in [0.05, 0.1) is 20.3 Å². The molecule has 21 heavy (non-hydrogen) atoms. The highest BCUT2D eigenvalue weighted by Crippen LogP contribution is 2.40. The Morgan fingerprint density at radius 2 is 1.81 bits per heavy atom. The van der Waals surface area contributed by atoms with Crippen LogP contribution in [0, 0.1) is 9.39 Å². The molecule has 2 rings (SSSR count). The minimum absolute atomic E-state index is 0.296. The number of ether oxygens (including phenoxy) is 2. The first kappa shape index (κ1) is 16.3. The monoisotopic (exact) mass is 421 g/mol. The van der Waals surface area contributed by atoms with Crippen LogP contribution in [0.4, 0.5) is 4.39 Å². The molecule has 0 amide bonds. The second-order valence-electron chi connectivity index (χ2n) is 4.35. The van der Waals surface area contributed by atoms with Gasteiger partial charge in [-0.1, -0.05) is 17.7 Å². The molecule has 0 aliphatic heterocycles. The van der Waals surface area contributed by atoms with Gasteiger partial charge in [-0.05, 0) is 52.4 Å². The van der Waals surface area contributed by atoms with Crippen molar-refractivity contribution in [3.8, 4) is 11.5 Å². The molecule has 0 bridgehead atoms. The molecule has 2 aromatic rings. The topological polar surface area (TPSA) is 44.5 Å². The minimum Gasteiger partial charge on any atom is -0.495 e. The summed E-state index contributed by atoms with van der Waals surface area (Å²) in [5.41, 5.74) is 7.82. The zero-order valence-corrected chi connectivity index (χ0v) is 14.4. The minimum atomic E-state index is -0.476. The lowest BCUT2D eigenvalue weighted by atomic mass is 9.98. The van der Waals surface area contributed by atoms with Crippen molar-refractivity contribution in [1.29, 1.82) is 0 Å². The summed E-state index contributed by atoms with van der Waals surface area (Å²) in [5, 5.41) is 0.366. The lowest BCUT2D eigenvalue weighted by molar-refractivity contribution is 0.390. The largest absolute Gasteiger partial charge is 0.495 e. The zero-order valence-electron chi connectivity index (χ0n) is 11.5. The number of nitrogens with two attached hydrogens (primary N) is 1. The van der Waals surface area contributed by atoms with Crippen LogP contribution in [-0.4, -0.2) is 14.2 Å². The van der Waals surface area contributed by atoms with E-state index in [0.717, 1.165) is 9.13 Å². The highest BCUT2D eigenvalue weighted by atomic mass is 127. The fraction of sp³-hybridized carbons (Fsp3) is 0.200. The highest BCUT2D eigenvalue weighted by Gasteiger charge is 2.21. The maximum Gasteiger partial charge on any atom is 0.146 e. The first-order valence-electron chi connectivity index (χ1n) is 6.10. The first-order valence-corrected chi connectivity index (χ1v) is 7.56. The summed E-state index contributed by atoms with van der Waals surface area (Å²) in [6.07, 6.45) is 0. The Hall–Kier alpha value is -1.05. The first-order chi connectivity index (χ1) is 9.99. The summed E-state index contributed by atoms with van der Waals surface area (Å²) in [7, 11) is 3.05. The van der Waals surface area contributed by atoms with Crippen LogP contribution >= 0.6 is 34.2 Å². The van der Waals surface area contributed by atoms with E-state index in [1.165, 1.54) is 26.4 Å². The van der Waals surface area contributed by atoms with Gasteiger partial charge in [-0.15, -0.1) is 0 Å². The number of methoxy groups -OCH3 is 2. The maximum atomic E-state index is 13.2. The van der Waals surface area contributed by atoms with Gasteiger partial charge >= 0.3 is 0 Å². The summed E-state index contributed by atoms with van der Waals surface area (Å²) in [6, 6.07) is 7.54. The van der Waals surface area contributed by atoms with E-state index < -0.39 is 6.04 Å². The number of benzene rings is 2. The van der Waals surface area contributed by atoms with E-state index in [1.807, 2.05) is 0 Å². The normalized spacial score (nSPS) is 12.1. The van der Waals surface area contributed by atoms with Gasteiger partial charge in [0, 0.05) is 9.13 Å². The fourth-order valence-corrected chi connectivity index (χ4v) is 3.22. The van der Waals surface area contributed by atoms with Gasteiger partial charge in [-0.25, -0.2) is 4.39 Å². The Balaban J connectivity index is 2.52. The molecule has 112 valence electrons. The van der Waals surface area contributed by atoms with Crippen molar-refractivity contribution in [2.45, 2.75) is 6.04 Å². The molecule has 0 radical (unpaired) electrons. The van der Waals surface area contributed by atoms with Gasteiger partial charge < -0.3 is 15.2 Å². The van der Waals surface area contributed by atoms with Gasteiger partial charge in [-0.2, -0.15) is 0 Å². The average Bonchev–Trinajstić information content (AvgIpc) is 2.46. The Morgan fingerprint density at radius 3 is 2.38 bits per heavy atom. The summed E-state index contributed by atoms with van der Waals surface area (Å²) in [6.45, 7) is 0. The lowest BCUT2D eigenvalue weighted by Gasteiger charge is -2.19. The van der Waals surface area contributed by atoms with Crippen molar-refractivity contribution in [1.82, 2.24) is 0 Å². The van der Waals surface area contributed by atoms with Gasteiger partial charge in [0.2, 0.25) is 0 Å². The number of rotatable bonds is 4. The SMILES string of the molecule is COc1ccc(C(N)c2ccc(F)cc2I)c(OC)c1Cl. The summed E-state index contributed by atoms with van der Waals surface area (Å²) < 4.78 is 24.5. The number of hydrogen-bond acceptors (Lipinski definition) is 3. The molecule has 1 atom stereocenters. The van der Waals surface area contributed by atoms with Crippen molar-refractivity contribution >= 4 is 34.2 Å². The van der Waals surface area contributed by atoms with Crippen LogP contribution in [0.1, 0.15) is 17.2 Å². The van der Waals surface area contributed by atoms with Crippen molar-refractivity contribution in [3.63, 3.8) is 0 Å². The molecule has 0 saturated heterocycles. The lowest BCUT2D eigenvalue weighted by Crippen LogP contribution is -2.15. The summed E-state index contributed by atoms with van der Waals surface area (Å²) in [5.74, 6) is 0.678. The van der Waals surface area contributed by atoms with E-state index in [9.17, 15) is 4.39 Å². The van der Waals surface area contributed by atoms with E-state index in [1.54, 1.807) is 18.2 Å². The molecule has 0 aliphatic carbocycles. The van der Waals surface area contributed by atoms with Gasteiger partial charge in [0.25, 0.3) is 0 Å². The molecule has 6 heteroatoms. The van der Waals surface area contributed by atoms with Crippen LogP contribution in [0.25, 0.3) is 0 Å². The van der Waals surface area contributed by atoms with E-state index in [0.29, 0.717) is 22.1 Å². The molecule has 2 N–H and O–H groups in total. The fourth-order valence-electron chi connectivity index (χ4n) is 2.08. The average molecular weight is 422 g/mol. The quantitative estimate of drug-likeness (QED) is 0.755. The molecule has 0 aliphatic rings. The van der Waals surface area contributed by atoms with Crippen LogP contribution in [-0.2, 0) is 0 Å². The third kappa shape index (κ3) is 3.25. The molecule has 0 spiro atoms. The predicted octanol–water partition coefficient (Wildman–Crippen LogP) is 4.15. The van der Waals surface area contributed by atoms with Crippen LogP contribution in [0.5, 0.6) is 11.5 Å². The highest BCUT2D eigenvalue weighted by molar-refractivity contribution is 14.1. The second-order valence-corrected chi connectivity index (χ2v) is 5.89.